The van der Waals surface area contributed by atoms with Gasteiger partial charge in [0.25, 0.3) is 5.69 Å². The van der Waals surface area contributed by atoms with Crippen molar-refractivity contribution in [3.63, 3.8) is 0 Å². The first-order chi connectivity index (χ1) is 15.4. The van der Waals surface area contributed by atoms with Crippen LogP contribution >= 0.6 is 0 Å². The van der Waals surface area contributed by atoms with Crippen molar-refractivity contribution in [2.24, 2.45) is 0 Å². The van der Waals surface area contributed by atoms with E-state index in [0.29, 0.717) is 16.5 Å². The number of fused-ring (bicyclic) bond motifs is 3. The van der Waals surface area contributed by atoms with E-state index in [4.69, 9.17) is 9.15 Å². The molecule has 1 heterocycles. The van der Waals surface area contributed by atoms with E-state index in [1.54, 1.807) is 6.07 Å². The second kappa shape index (κ2) is 8.31. The van der Waals surface area contributed by atoms with Crippen LogP contribution < -0.4 is 5.63 Å². The molecule has 3 aromatic carbocycles. The molecule has 0 N–H and O–H groups in total. The van der Waals surface area contributed by atoms with Crippen molar-refractivity contribution in [2.45, 2.75) is 6.61 Å². The SMILES string of the molecule is COC(=O)c1cc(C(=O)OCc2cc(=O)oc3ccc4ccccc4c23)cc([N+](=O)[O-])c1. The van der Waals surface area contributed by atoms with Crippen LogP contribution in [0.3, 0.4) is 0 Å². The van der Waals surface area contributed by atoms with Crippen LogP contribution in [-0.4, -0.2) is 24.0 Å². The molecule has 0 radical (unpaired) electrons. The lowest BCUT2D eigenvalue weighted by molar-refractivity contribution is -0.384. The Morgan fingerprint density at radius 1 is 1.00 bits per heavy atom. The Morgan fingerprint density at radius 3 is 2.44 bits per heavy atom. The monoisotopic (exact) mass is 433 g/mol. The summed E-state index contributed by atoms with van der Waals surface area (Å²) in [5.74, 6) is -1.73. The van der Waals surface area contributed by atoms with E-state index in [2.05, 4.69) is 4.74 Å². The number of methoxy groups -OCH3 is 1. The van der Waals surface area contributed by atoms with Gasteiger partial charge in [-0.15, -0.1) is 0 Å². The van der Waals surface area contributed by atoms with Gasteiger partial charge in [-0.05, 0) is 22.9 Å². The molecule has 0 bridgehead atoms. The molecule has 0 fully saturated rings. The number of non-ortho nitro benzene ring substituents is 1. The first kappa shape index (κ1) is 20.7. The van der Waals surface area contributed by atoms with Gasteiger partial charge in [0.15, 0.2) is 0 Å². The Balaban J connectivity index is 1.71. The smallest absolute Gasteiger partial charge is 0.338 e. The van der Waals surface area contributed by atoms with Crippen LogP contribution in [0.5, 0.6) is 0 Å². The zero-order valence-corrected chi connectivity index (χ0v) is 16.7. The second-order valence-electron chi connectivity index (χ2n) is 6.84. The molecular weight excluding hydrogens is 418 g/mol. The number of esters is 2. The standard InChI is InChI=1S/C23H15NO8/c1-30-22(26)14-8-15(10-17(9-14)24(28)29)23(27)31-12-16-11-20(25)32-19-7-6-13-4-2-3-5-18(13)21(16)19/h2-11H,12H2,1H3. The van der Waals surface area contributed by atoms with Crippen molar-refractivity contribution in [1.82, 2.24) is 0 Å². The topological polar surface area (TPSA) is 126 Å². The molecule has 1 aromatic heterocycles. The molecule has 32 heavy (non-hydrogen) atoms. The Hall–Kier alpha value is -4.53. The van der Waals surface area contributed by atoms with Crippen LogP contribution in [0, 0.1) is 10.1 Å². The van der Waals surface area contributed by atoms with Crippen LogP contribution in [0.4, 0.5) is 5.69 Å². The van der Waals surface area contributed by atoms with Gasteiger partial charge in [0.05, 0.1) is 23.2 Å². The number of carbonyl (C=O) groups excluding carboxylic acids is 2. The van der Waals surface area contributed by atoms with E-state index in [9.17, 15) is 24.5 Å². The Morgan fingerprint density at radius 2 is 1.72 bits per heavy atom. The quantitative estimate of drug-likeness (QED) is 0.152. The van der Waals surface area contributed by atoms with Gasteiger partial charge in [0.1, 0.15) is 12.2 Å². The molecule has 0 spiro atoms. The van der Waals surface area contributed by atoms with Gasteiger partial charge in [-0.2, -0.15) is 0 Å². The van der Waals surface area contributed by atoms with Crippen molar-refractivity contribution in [1.29, 1.82) is 0 Å². The summed E-state index contributed by atoms with van der Waals surface area (Å²) in [6.07, 6.45) is 0. The van der Waals surface area contributed by atoms with E-state index >= 15 is 0 Å². The minimum Gasteiger partial charge on any atom is -0.465 e. The fourth-order valence-corrected chi connectivity index (χ4v) is 3.43. The summed E-state index contributed by atoms with van der Waals surface area (Å²) in [5.41, 5.74) is -0.674. The minimum atomic E-state index is -0.902. The lowest BCUT2D eigenvalue weighted by Crippen LogP contribution is -2.10. The average Bonchev–Trinajstić information content (AvgIpc) is 2.80. The number of nitrogens with zero attached hydrogens (tertiary/aromatic N) is 1. The van der Waals surface area contributed by atoms with Gasteiger partial charge < -0.3 is 13.9 Å². The maximum atomic E-state index is 12.6. The van der Waals surface area contributed by atoms with E-state index in [0.717, 1.165) is 36.1 Å². The average molecular weight is 433 g/mol. The fourth-order valence-electron chi connectivity index (χ4n) is 3.43. The van der Waals surface area contributed by atoms with Crippen LogP contribution in [0.1, 0.15) is 26.3 Å². The van der Waals surface area contributed by atoms with Crippen LogP contribution in [0.15, 0.2) is 69.9 Å². The number of hydrogen-bond acceptors (Lipinski definition) is 8. The van der Waals surface area contributed by atoms with Gasteiger partial charge in [0, 0.05) is 29.1 Å². The fraction of sp³-hybridized carbons (Fsp3) is 0.0870. The van der Waals surface area contributed by atoms with Gasteiger partial charge in [-0.25, -0.2) is 14.4 Å². The summed E-state index contributed by atoms with van der Waals surface area (Å²) >= 11 is 0. The van der Waals surface area contributed by atoms with Crippen molar-refractivity contribution in [2.75, 3.05) is 7.11 Å². The molecule has 160 valence electrons. The molecule has 9 heteroatoms. The molecule has 0 atom stereocenters. The number of nitro groups is 1. The van der Waals surface area contributed by atoms with E-state index in [1.807, 2.05) is 30.3 Å². The van der Waals surface area contributed by atoms with Crippen molar-refractivity contribution in [3.05, 3.63) is 97.9 Å². The number of ether oxygens (including phenoxy) is 2. The van der Waals surface area contributed by atoms with Crippen LogP contribution in [0.2, 0.25) is 0 Å². The molecule has 4 aromatic rings. The number of carbonyl (C=O) groups is 2. The van der Waals surface area contributed by atoms with Crippen molar-refractivity contribution in [3.8, 4) is 0 Å². The molecule has 4 rings (SSSR count). The third kappa shape index (κ3) is 3.91. The Labute approximate surface area is 179 Å². The van der Waals surface area contributed by atoms with E-state index in [1.165, 1.54) is 6.07 Å². The Bertz CT molecular complexity index is 1450. The largest absolute Gasteiger partial charge is 0.465 e. The number of rotatable bonds is 5. The molecule has 9 nitrogen and oxygen atoms in total. The molecule has 0 aliphatic heterocycles. The number of nitro benzene ring substituents is 1. The molecular formula is C23H15NO8. The number of hydrogen-bond donors (Lipinski definition) is 0. The molecule has 0 unspecified atom stereocenters. The molecule has 0 amide bonds. The predicted molar refractivity (Wildman–Crippen MR) is 114 cm³/mol. The summed E-state index contributed by atoms with van der Waals surface area (Å²) in [5, 5.41) is 13.5. The molecule has 0 aliphatic rings. The Kier molecular flexibility index (Phi) is 5.38. The molecule has 0 aliphatic carbocycles. The van der Waals surface area contributed by atoms with Gasteiger partial charge in [0.2, 0.25) is 0 Å². The first-order valence-electron chi connectivity index (χ1n) is 9.37. The predicted octanol–water partition coefficient (Wildman–Crippen LogP) is 4.00. The highest BCUT2D eigenvalue weighted by Crippen LogP contribution is 2.28. The highest BCUT2D eigenvalue weighted by Gasteiger charge is 2.20. The summed E-state index contributed by atoms with van der Waals surface area (Å²) in [6, 6.07) is 15.3. The van der Waals surface area contributed by atoms with Crippen molar-refractivity contribution >= 4 is 39.4 Å². The first-order valence-corrected chi connectivity index (χ1v) is 9.37. The summed E-state index contributed by atoms with van der Waals surface area (Å²) in [4.78, 5) is 46.9. The molecule has 0 saturated carbocycles. The van der Waals surface area contributed by atoms with Gasteiger partial charge in [-0.1, -0.05) is 30.3 Å². The van der Waals surface area contributed by atoms with Gasteiger partial charge >= 0.3 is 17.6 Å². The minimum absolute atomic E-state index is 0.162. The lowest BCUT2D eigenvalue weighted by atomic mass is 10.0. The zero-order chi connectivity index (χ0) is 22.8. The van der Waals surface area contributed by atoms with Crippen LogP contribution in [0.25, 0.3) is 21.7 Å². The highest BCUT2D eigenvalue weighted by molar-refractivity contribution is 6.07. The summed E-state index contributed by atoms with van der Waals surface area (Å²) in [6.45, 7) is -0.287. The maximum Gasteiger partial charge on any atom is 0.338 e. The van der Waals surface area contributed by atoms with Crippen molar-refractivity contribution < 1.29 is 28.4 Å². The normalized spacial score (nSPS) is 10.8. The summed E-state index contributed by atoms with van der Waals surface area (Å²) in [7, 11) is 1.12. The lowest BCUT2D eigenvalue weighted by Gasteiger charge is -2.10. The third-order valence-electron chi connectivity index (χ3n) is 4.86. The summed E-state index contributed by atoms with van der Waals surface area (Å²) < 4.78 is 15.2. The maximum absolute atomic E-state index is 12.6. The van der Waals surface area contributed by atoms with Gasteiger partial charge in [-0.3, -0.25) is 10.1 Å². The molecule has 0 saturated heterocycles. The highest BCUT2D eigenvalue weighted by atomic mass is 16.6. The van der Waals surface area contributed by atoms with E-state index < -0.39 is 28.2 Å². The number of benzene rings is 3. The third-order valence-corrected chi connectivity index (χ3v) is 4.86. The second-order valence-corrected chi connectivity index (χ2v) is 6.84. The van der Waals surface area contributed by atoms with E-state index in [-0.39, 0.29) is 17.7 Å². The zero-order valence-electron chi connectivity index (χ0n) is 16.7. The van der Waals surface area contributed by atoms with Crippen LogP contribution in [-0.2, 0) is 16.1 Å².